The number of halogens is 2. The summed E-state index contributed by atoms with van der Waals surface area (Å²) in [4.78, 5) is 10.5. The Bertz CT molecular complexity index is 613. The van der Waals surface area contributed by atoms with Crippen molar-refractivity contribution in [1.82, 2.24) is 0 Å². The van der Waals surface area contributed by atoms with Crippen LogP contribution >= 0.6 is 11.8 Å². The lowest BCUT2D eigenvalue weighted by Crippen LogP contribution is -2.23. The molecule has 2 N–H and O–H groups in total. The van der Waals surface area contributed by atoms with Crippen LogP contribution < -0.4 is 0 Å². The van der Waals surface area contributed by atoms with E-state index in [1.165, 1.54) is 12.1 Å². The second-order valence-corrected chi connectivity index (χ2v) is 4.71. The van der Waals surface area contributed by atoms with E-state index in [1.807, 2.05) is 0 Å². The van der Waals surface area contributed by atoms with Gasteiger partial charge in [-0.15, -0.1) is 0 Å². The minimum Gasteiger partial charge on any atom is -0.507 e. The number of carboxylic acid groups (broad SMARTS) is 1. The summed E-state index contributed by atoms with van der Waals surface area (Å²) in [5.41, 5.74) is 0. The van der Waals surface area contributed by atoms with Gasteiger partial charge in [0.15, 0.2) is 0 Å². The molecule has 0 heterocycles. The number of aliphatic carboxylic acids is 1. The summed E-state index contributed by atoms with van der Waals surface area (Å²) in [7, 11) is 0. The van der Waals surface area contributed by atoms with Crippen LogP contribution in [-0.4, -0.2) is 21.4 Å². The summed E-state index contributed by atoms with van der Waals surface area (Å²) in [6, 6.07) is 8.96. The first-order valence-electron chi connectivity index (χ1n) is 4.93. The first kappa shape index (κ1) is 12.6. The van der Waals surface area contributed by atoms with Crippen LogP contribution in [0.5, 0.6) is 5.75 Å². The predicted octanol–water partition coefficient (Wildman–Crippen LogP) is 3.31. The number of alkyl halides is 2. The molecule has 0 fully saturated rings. The molecule has 0 unspecified atom stereocenters. The Hall–Kier alpha value is -1.82. The monoisotopic (exact) mass is 270 g/mol. The van der Waals surface area contributed by atoms with E-state index >= 15 is 0 Å². The number of carboxylic acids is 1. The predicted molar refractivity (Wildman–Crippen MR) is 64.1 cm³/mol. The van der Waals surface area contributed by atoms with E-state index in [2.05, 4.69) is 0 Å². The van der Waals surface area contributed by atoms with Crippen LogP contribution in [0.1, 0.15) is 0 Å². The van der Waals surface area contributed by atoms with Crippen molar-refractivity contribution in [1.29, 1.82) is 0 Å². The summed E-state index contributed by atoms with van der Waals surface area (Å²) in [6.07, 6.45) is 0. The van der Waals surface area contributed by atoms with Crippen molar-refractivity contribution in [2.45, 2.75) is 10.2 Å². The maximum Gasteiger partial charge on any atom is 0.393 e. The highest BCUT2D eigenvalue weighted by Crippen LogP contribution is 2.41. The molecule has 2 aromatic carbocycles. The fraction of sp³-hybridized carbons (Fsp3) is 0.0833. The third-order valence-corrected chi connectivity index (χ3v) is 3.36. The molecule has 0 aliphatic carbocycles. The largest absolute Gasteiger partial charge is 0.507 e. The molecule has 0 spiro atoms. The van der Waals surface area contributed by atoms with Crippen molar-refractivity contribution >= 4 is 28.5 Å². The van der Waals surface area contributed by atoms with Crippen molar-refractivity contribution in [3.8, 4) is 5.75 Å². The average molecular weight is 270 g/mol. The average Bonchev–Trinajstić information content (AvgIpc) is 2.33. The van der Waals surface area contributed by atoms with Crippen molar-refractivity contribution < 1.29 is 23.8 Å². The van der Waals surface area contributed by atoms with Gasteiger partial charge in [0.1, 0.15) is 5.75 Å². The standard InChI is InChI=1S/C12H8F2O3S/c13-12(14,11(16)17)18-10-6-5-9(15)7-3-1-2-4-8(7)10/h1-6,15H,(H,16,17). The van der Waals surface area contributed by atoms with E-state index in [-0.39, 0.29) is 22.4 Å². The van der Waals surface area contributed by atoms with Gasteiger partial charge in [0.2, 0.25) is 0 Å². The number of phenols is 1. The minimum atomic E-state index is -3.90. The Labute approximate surface area is 105 Å². The van der Waals surface area contributed by atoms with Gasteiger partial charge < -0.3 is 10.2 Å². The molecule has 0 saturated carbocycles. The fourth-order valence-corrected chi connectivity index (χ4v) is 2.31. The van der Waals surface area contributed by atoms with Crippen LogP contribution in [0.2, 0.25) is 0 Å². The van der Waals surface area contributed by atoms with Gasteiger partial charge >= 0.3 is 11.2 Å². The first-order chi connectivity index (χ1) is 8.42. The molecule has 94 valence electrons. The van der Waals surface area contributed by atoms with Gasteiger partial charge in [-0.2, -0.15) is 8.78 Å². The van der Waals surface area contributed by atoms with E-state index in [1.54, 1.807) is 24.3 Å². The van der Waals surface area contributed by atoms with Crippen molar-refractivity contribution in [2.75, 3.05) is 0 Å². The minimum absolute atomic E-state index is 0.0337. The molecular formula is C12H8F2O3S. The zero-order chi connectivity index (χ0) is 13.3. The van der Waals surface area contributed by atoms with E-state index in [0.717, 1.165) is 0 Å². The van der Waals surface area contributed by atoms with E-state index in [9.17, 15) is 18.7 Å². The zero-order valence-corrected chi connectivity index (χ0v) is 9.75. The third kappa shape index (κ3) is 2.24. The van der Waals surface area contributed by atoms with Gasteiger partial charge in [0.05, 0.1) is 0 Å². The van der Waals surface area contributed by atoms with Gasteiger partial charge in [-0.1, -0.05) is 24.3 Å². The van der Waals surface area contributed by atoms with E-state index < -0.39 is 11.2 Å². The second-order valence-electron chi connectivity index (χ2n) is 3.55. The van der Waals surface area contributed by atoms with Crippen molar-refractivity contribution in [3.63, 3.8) is 0 Å². The molecule has 0 saturated heterocycles. The molecule has 0 aliphatic rings. The molecule has 0 amide bonds. The molecule has 3 nitrogen and oxygen atoms in total. The van der Waals surface area contributed by atoms with Crippen LogP contribution in [-0.2, 0) is 4.79 Å². The molecule has 0 aliphatic heterocycles. The van der Waals surface area contributed by atoms with Crippen LogP contribution in [0.25, 0.3) is 10.8 Å². The van der Waals surface area contributed by atoms with Crippen molar-refractivity contribution in [3.05, 3.63) is 36.4 Å². The highest BCUT2D eigenvalue weighted by Gasteiger charge is 2.40. The lowest BCUT2D eigenvalue weighted by Gasteiger charge is -2.12. The second kappa shape index (κ2) is 4.45. The van der Waals surface area contributed by atoms with Crippen LogP contribution in [0, 0.1) is 0 Å². The number of benzene rings is 2. The Morgan fingerprint density at radius 2 is 1.72 bits per heavy atom. The zero-order valence-electron chi connectivity index (χ0n) is 8.93. The summed E-state index contributed by atoms with van der Waals surface area (Å²) < 4.78 is 26.3. The lowest BCUT2D eigenvalue weighted by molar-refractivity contribution is -0.152. The lowest BCUT2D eigenvalue weighted by atomic mass is 10.1. The summed E-state index contributed by atoms with van der Waals surface area (Å²) in [6.45, 7) is 0. The highest BCUT2D eigenvalue weighted by atomic mass is 32.2. The molecule has 0 aromatic heterocycles. The van der Waals surface area contributed by atoms with Gasteiger partial charge in [-0.25, -0.2) is 4.79 Å². The summed E-state index contributed by atoms with van der Waals surface area (Å²) in [5.74, 6) is -2.22. The van der Waals surface area contributed by atoms with Crippen molar-refractivity contribution in [2.24, 2.45) is 0 Å². The first-order valence-corrected chi connectivity index (χ1v) is 5.74. The number of hydrogen-bond acceptors (Lipinski definition) is 3. The van der Waals surface area contributed by atoms with Crippen LogP contribution in [0.4, 0.5) is 8.78 Å². The Kier molecular flexibility index (Phi) is 3.13. The van der Waals surface area contributed by atoms with Gasteiger partial charge in [-0.05, 0) is 29.3 Å². The number of phenolic OH excluding ortho intramolecular Hbond substituents is 1. The maximum absolute atomic E-state index is 13.2. The van der Waals surface area contributed by atoms with Gasteiger partial charge in [0, 0.05) is 10.3 Å². The normalized spacial score (nSPS) is 11.7. The molecular weight excluding hydrogens is 262 g/mol. The number of aromatic hydroxyl groups is 1. The summed E-state index contributed by atoms with van der Waals surface area (Å²) in [5, 5.41) is 14.9. The highest BCUT2D eigenvalue weighted by molar-refractivity contribution is 8.01. The molecule has 0 radical (unpaired) electrons. The quantitative estimate of drug-likeness (QED) is 0.840. The summed E-state index contributed by atoms with van der Waals surface area (Å²) >= 11 is -0.0518. The van der Waals surface area contributed by atoms with E-state index in [0.29, 0.717) is 10.8 Å². The Balaban J connectivity index is 2.53. The van der Waals surface area contributed by atoms with Crippen LogP contribution in [0.3, 0.4) is 0 Å². The molecule has 2 rings (SSSR count). The van der Waals surface area contributed by atoms with E-state index in [4.69, 9.17) is 5.11 Å². The Morgan fingerprint density at radius 1 is 1.11 bits per heavy atom. The number of rotatable bonds is 3. The molecule has 18 heavy (non-hydrogen) atoms. The Morgan fingerprint density at radius 3 is 2.33 bits per heavy atom. The number of fused-ring (bicyclic) bond motifs is 1. The van der Waals surface area contributed by atoms with Gasteiger partial charge in [0.25, 0.3) is 0 Å². The third-order valence-electron chi connectivity index (χ3n) is 2.35. The SMILES string of the molecule is O=C(O)C(F)(F)Sc1ccc(O)c2ccccc12. The number of carbonyl (C=O) groups is 1. The number of hydrogen-bond donors (Lipinski definition) is 2. The molecule has 0 atom stereocenters. The topological polar surface area (TPSA) is 57.5 Å². The fourth-order valence-electron chi connectivity index (χ4n) is 1.53. The van der Waals surface area contributed by atoms with Gasteiger partial charge in [-0.3, -0.25) is 0 Å². The van der Waals surface area contributed by atoms with Crippen LogP contribution in [0.15, 0.2) is 41.3 Å². The molecule has 0 bridgehead atoms. The smallest absolute Gasteiger partial charge is 0.393 e. The molecule has 2 aromatic rings. The maximum atomic E-state index is 13.2. The number of thioether (sulfide) groups is 1. The molecule has 6 heteroatoms.